The highest BCUT2D eigenvalue weighted by molar-refractivity contribution is 5.12. The molecule has 18 heavy (non-hydrogen) atoms. The van der Waals surface area contributed by atoms with E-state index in [0.717, 1.165) is 32.1 Å². The lowest BCUT2D eigenvalue weighted by molar-refractivity contribution is -0.142. The van der Waals surface area contributed by atoms with Crippen LogP contribution < -0.4 is 5.73 Å². The number of nitrogens with two attached hydrogens (primary N) is 1. The predicted octanol–water partition coefficient (Wildman–Crippen LogP) is 2.21. The van der Waals surface area contributed by atoms with Gasteiger partial charge in [0.2, 0.25) is 0 Å². The van der Waals surface area contributed by atoms with Crippen LogP contribution in [0.1, 0.15) is 58.3 Å². The second-order valence-electron chi connectivity index (χ2n) is 6.87. The van der Waals surface area contributed by atoms with E-state index in [1.165, 1.54) is 19.3 Å². The maximum absolute atomic E-state index is 11.3. The fraction of sp³-hybridized carbons (Fsp3) is 1.00. The van der Waals surface area contributed by atoms with Gasteiger partial charge in [-0.25, -0.2) is 0 Å². The monoisotopic (exact) mass is 253 g/mol. The molecule has 0 radical (unpaired) electrons. The highest BCUT2D eigenvalue weighted by Gasteiger charge is 2.62. The second-order valence-corrected chi connectivity index (χ2v) is 6.87. The molecule has 0 aromatic carbocycles. The Balaban J connectivity index is 1.85. The van der Waals surface area contributed by atoms with Crippen molar-refractivity contribution in [3.8, 4) is 0 Å². The van der Waals surface area contributed by atoms with E-state index in [0.29, 0.717) is 18.6 Å². The van der Waals surface area contributed by atoms with Gasteiger partial charge in [-0.1, -0.05) is 19.3 Å². The number of fused-ring (bicyclic) bond motifs is 2. The van der Waals surface area contributed by atoms with Crippen LogP contribution in [0, 0.1) is 11.3 Å². The Morgan fingerprint density at radius 3 is 2.44 bits per heavy atom. The van der Waals surface area contributed by atoms with Crippen LogP contribution in [0.4, 0.5) is 0 Å². The van der Waals surface area contributed by atoms with Crippen LogP contribution in [0.3, 0.4) is 0 Å². The van der Waals surface area contributed by atoms with Crippen LogP contribution in [0.15, 0.2) is 0 Å². The van der Waals surface area contributed by atoms with Crippen LogP contribution in [0.2, 0.25) is 0 Å². The quantitative estimate of drug-likeness (QED) is 0.811. The summed E-state index contributed by atoms with van der Waals surface area (Å²) in [6.07, 6.45) is 9.93. The Labute approximate surface area is 110 Å². The highest BCUT2D eigenvalue weighted by atomic mass is 16.5. The lowest BCUT2D eigenvalue weighted by Crippen LogP contribution is -2.60. The second kappa shape index (κ2) is 4.46. The van der Waals surface area contributed by atoms with Crippen LogP contribution >= 0.6 is 0 Å². The van der Waals surface area contributed by atoms with Crippen LogP contribution in [-0.4, -0.2) is 29.5 Å². The Morgan fingerprint density at radius 1 is 1.22 bits per heavy atom. The van der Waals surface area contributed by atoms with E-state index in [1.54, 1.807) is 0 Å². The summed E-state index contributed by atoms with van der Waals surface area (Å²) >= 11 is 0. The van der Waals surface area contributed by atoms with Gasteiger partial charge < -0.3 is 15.6 Å². The smallest absolute Gasteiger partial charge is 0.0741 e. The third kappa shape index (κ3) is 1.67. The first-order chi connectivity index (χ1) is 8.60. The van der Waals surface area contributed by atoms with Gasteiger partial charge in [0.15, 0.2) is 0 Å². The molecule has 104 valence electrons. The van der Waals surface area contributed by atoms with Gasteiger partial charge >= 0.3 is 0 Å². The average Bonchev–Trinajstić information content (AvgIpc) is 3.00. The molecule has 4 atom stereocenters. The largest absolute Gasteiger partial charge is 0.389 e. The van der Waals surface area contributed by atoms with Crippen molar-refractivity contribution in [2.45, 2.75) is 76.1 Å². The van der Waals surface area contributed by atoms with Crippen LogP contribution in [-0.2, 0) is 4.74 Å². The number of ether oxygens (including phenoxy) is 1. The molecule has 3 rings (SSSR count). The number of hydrogen-bond donors (Lipinski definition) is 2. The minimum absolute atomic E-state index is 0.183. The van der Waals surface area contributed by atoms with Gasteiger partial charge in [0, 0.05) is 12.0 Å². The summed E-state index contributed by atoms with van der Waals surface area (Å²) in [4.78, 5) is 0. The van der Waals surface area contributed by atoms with Crippen molar-refractivity contribution in [1.29, 1.82) is 0 Å². The first-order valence-corrected chi connectivity index (χ1v) is 7.68. The molecule has 1 saturated carbocycles. The Morgan fingerprint density at radius 2 is 1.94 bits per heavy atom. The third-order valence-electron chi connectivity index (χ3n) is 6.09. The van der Waals surface area contributed by atoms with Crippen LogP contribution in [0.25, 0.3) is 0 Å². The normalized spacial score (nSPS) is 44.2. The lowest BCUT2D eigenvalue weighted by Gasteiger charge is -2.51. The zero-order valence-electron chi connectivity index (χ0n) is 11.5. The molecular weight excluding hydrogens is 226 g/mol. The summed E-state index contributed by atoms with van der Waals surface area (Å²) in [6, 6.07) is 0. The number of rotatable bonds is 3. The summed E-state index contributed by atoms with van der Waals surface area (Å²) < 4.78 is 6.02. The van der Waals surface area contributed by atoms with E-state index in [-0.39, 0.29) is 11.5 Å². The molecule has 0 aromatic rings. The summed E-state index contributed by atoms with van der Waals surface area (Å²) in [7, 11) is 0. The molecule has 2 heterocycles. The minimum atomic E-state index is -0.651. The molecule has 3 nitrogen and oxygen atoms in total. The molecule has 2 aliphatic heterocycles. The van der Waals surface area contributed by atoms with E-state index in [2.05, 4.69) is 0 Å². The van der Waals surface area contributed by atoms with Crippen molar-refractivity contribution in [1.82, 2.24) is 0 Å². The maximum Gasteiger partial charge on any atom is 0.0741 e. The molecule has 2 bridgehead atoms. The first kappa shape index (κ1) is 12.9. The van der Waals surface area contributed by atoms with Crippen LogP contribution in [0.5, 0.6) is 0 Å². The Kier molecular flexibility index (Phi) is 3.20. The highest BCUT2D eigenvalue weighted by Crippen LogP contribution is 2.56. The van der Waals surface area contributed by atoms with Crippen molar-refractivity contribution < 1.29 is 9.84 Å². The molecule has 3 fully saturated rings. The van der Waals surface area contributed by atoms with Gasteiger partial charge in [0.1, 0.15) is 0 Å². The molecule has 0 amide bonds. The van der Waals surface area contributed by atoms with E-state index in [4.69, 9.17) is 10.5 Å². The number of aliphatic hydroxyl groups is 1. The fourth-order valence-corrected chi connectivity index (χ4v) is 4.83. The molecule has 3 heteroatoms. The predicted molar refractivity (Wildman–Crippen MR) is 71.2 cm³/mol. The first-order valence-electron chi connectivity index (χ1n) is 7.68. The SMILES string of the molecule is CC(O)(C1CCCCC1)C1(CN)CC2CCC1O2. The molecule has 4 unspecified atom stereocenters. The summed E-state index contributed by atoms with van der Waals surface area (Å²) in [5.41, 5.74) is 5.27. The summed E-state index contributed by atoms with van der Waals surface area (Å²) in [6.45, 7) is 2.61. The molecular formula is C15H27NO2. The fourth-order valence-electron chi connectivity index (χ4n) is 4.83. The standard InChI is InChI=1S/C15H27NO2/c1-14(17,11-5-3-2-4-6-11)15(10-16)9-12-7-8-13(15)18-12/h11-13,17H,2-10,16H2,1H3. The van der Waals surface area contributed by atoms with Crippen molar-refractivity contribution in [2.24, 2.45) is 17.1 Å². The minimum Gasteiger partial charge on any atom is -0.389 e. The zero-order chi connectivity index (χ0) is 12.8. The average molecular weight is 253 g/mol. The van der Waals surface area contributed by atoms with E-state index >= 15 is 0 Å². The Hall–Kier alpha value is -0.120. The lowest BCUT2D eigenvalue weighted by atomic mass is 9.57. The summed E-state index contributed by atoms with van der Waals surface area (Å²) in [5, 5.41) is 11.3. The van der Waals surface area contributed by atoms with Gasteiger partial charge in [-0.3, -0.25) is 0 Å². The maximum atomic E-state index is 11.3. The molecule has 0 aromatic heterocycles. The molecule has 2 saturated heterocycles. The van der Waals surface area contributed by atoms with E-state index in [1.807, 2.05) is 6.92 Å². The topological polar surface area (TPSA) is 55.5 Å². The molecule has 3 N–H and O–H groups in total. The van der Waals surface area contributed by atoms with Gasteiger partial charge in [-0.15, -0.1) is 0 Å². The molecule has 0 spiro atoms. The van der Waals surface area contributed by atoms with Crippen molar-refractivity contribution >= 4 is 0 Å². The van der Waals surface area contributed by atoms with Gasteiger partial charge in [-0.05, 0) is 44.9 Å². The van der Waals surface area contributed by atoms with Crippen molar-refractivity contribution in [3.63, 3.8) is 0 Å². The number of hydrogen-bond acceptors (Lipinski definition) is 3. The zero-order valence-corrected chi connectivity index (χ0v) is 11.5. The third-order valence-corrected chi connectivity index (χ3v) is 6.09. The van der Waals surface area contributed by atoms with E-state index in [9.17, 15) is 5.11 Å². The van der Waals surface area contributed by atoms with Crippen molar-refractivity contribution in [2.75, 3.05) is 6.54 Å². The summed E-state index contributed by atoms with van der Waals surface area (Å²) in [5.74, 6) is 0.415. The van der Waals surface area contributed by atoms with E-state index < -0.39 is 5.60 Å². The van der Waals surface area contributed by atoms with Crippen molar-refractivity contribution in [3.05, 3.63) is 0 Å². The molecule has 1 aliphatic carbocycles. The molecule has 3 aliphatic rings. The Bertz CT molecular complexity index is 312. The van der Waals surface area contributed by atoms with Gasteiger partial charge in [-0.2, -0.15) is 0 Å². The van der Waals surface area contributed by atoms with Gasteiger partial charge in [0.05, 0.1) is 17.8 Å². The van der Waals surface area contributed by atoms with Gasteiger partial charge in [0.25, 0.3) is 0 Å².